The van der Waals surface area contributed by atoms with Crippen molar-refractivity contribution in [3.8, 4) is 0 Å². The quantitative estimate of drug-likeness (QED) is 0.778. The Balaban J connectivity index is 1.96. The molecule has 0 fully saturated rings. The number of para-hydroxylation sites is 1. The van der Waals surface area contributed by atoms with Crippen molar-refractivity contribution in [1.29, 1.82) is 0 Å². The number of halogens is 2. The molecular weight excluding hydrogens is 274 g/mol. The molecule has 3 aromatic rings. The minimum Gasteiger partial charge on any atom is -0.320 e. The van der Waals surface area contributed by atoms with Gasteiger partial charge in [-0.2, -0.15) is 0 Å². The average molecular weight is 284 g/mol. The van der Waals surface area contributed by atoms with Crippen LogP contribution < -0.4 is 5.32 Å². The van der Waals surface area contributed by atoms with Gasteiger partial charge in [-0.1, -0.05) is 18.2 Å². The molecule has 0 saturated carbocycles. The number of carbonyl (C=O) groups is 1. The molecule has 3 nitrogen and oxygen atoms in total. The Bertz CT molecular complexity index is 808. The number of hydrogen-bond acceptors (Lipinski definition) is 2. The van der Waals surface area contributed by atoms with E-state index < -0.39 is 17.5 Å². The van der Waals surface area contributed by atoms with Gasteiger partial charge in [0.15, 0.2) is 0 Å². The lowest BCUT2D eigenvalue weighted by Crippen LogP contribution is -2.13. The highest BCUT2D eigenvalue weighted by atomic mass is 19.1. The number of rotatable bonds is 2. The maximum Gasteiger partial charge on any atom is 0.255 e. The molecule has 1 heterocycles. The third kappa shape index (κ3) is 2.72. The van der Waals surface area contributed by atoms with E-state index in [4.69, 9.17) is 0 Å². The fourth-order valence-corrected chi connectivity index (χ4v) is 2.08. The number of anilines is 1. The lowest BCUT2D eigenvalue weighted by molar-refractivity contribution is 0.102. The van der Waals surface area contributed by atoms with Crippen molar-refractivity contribution < 1.29 is 13.6 Å². The summed E-state index contributed by atoms with van der Waals surface area (Å²) in [5.74, 6) is -2.18. The Hall–Kier alpha value is -2.82. The van der Waals surface area contributed by atoms with Crippen LogP contribution in [0.5, 0.6) is 0 Å². The third-order valence-electron chi connectivity index (χ3n) is 3.01. The van der Waals surface area contributed by atoms with Gasteiger partial charge in [0.1, 0.15) is 11.6 Å². The van der Waals surface area contributed by atoms with Crippen LogP contribution in [0.2, 0.25) is 0 Å². The molecule has 0 atom stereocenters. The van der Waals surface area contributed by atoms with Gasteiger partial charge in [-0.15, -0.1) is 0 Å². The van der Waals surface area contributed by atoms with E-state index in [9.17, 15) is 13.6 Å². The summed E-state index contributed by atoms with van der Waals surface area (Å²) in [6.07, 6.45) is 1.61. The summed E-state index contributed by atoms with van der Waals surface area (Å²) in [7, 11) is 0. The van der Waals surface area contributed by atoms with Gasteiger partial charge in [0.2, 0.25) is 0 Å². The number of nitrogens with zero attached hydrogens (tertiary/aromatic N) is 1. The molecule has 104 valence electrons. The average Bonchev–Trinajstić information content (AvgIpc) is 2.46. The SMILES string of the molecule is O=C(Nc1cccc2cccnc12)c1cc(F)cc(F)c1. The Morgan fingerprint density at radius 2 is 1.71 bits per heavy atom. The molecule has 0 spiro atoms. The van der Waals surface area contributed by atoms with Crippen molar-refractivity contribution in [3.63, 3.8) is 0 Å². The molecule has 2 aromatic carbocycles. The van der Waals surface area contributed by atoms with Crippen LogP contribution in [0.1, 0.15) is 10.4 Å². The number of amides is 1. The zero-order valence-corrected chi connectivity index (χ0v) is 10.8. The minimum atomic E-state index is -0.795. The topological polar surface area (TPSA) is 42.0 Å². The molecule has 1 aromatic heterocycles. The molecule has 3 rings (SSSR count). The largest absolute Gasteiger partial charge is 0.320 e. The molecule has 0 unspecified atom stereocenters. The summed E-state index contributed by atoms with van der Waals surface area (Å²) in [6.45, 7) is 0. The van der Waals surface area contributed by atoms with Gasteiger partial charge in [-0.3, -0.25) is 9.78 Å². The van der Waals surface area contributed by atoms with Crippen LogP contribution in [-0.2, 0) is 0 Å². The van der Waals surface area contributed by atoms with Gasteiger partial charge in [-0.25, -0.2) is 8.78 Å². The zero-order valence-electron chi connectivity index (χ0n) is 10.8. The molecule has 0 radical (unpaired) electrons. The van der Waals surface area contributed by atoms with Crippen LogP contribution in [0, 0.1) is 11.6 Å². The third-order valence-corrected chi connectivity index (χ3v) is 3.01. The Morgan fingerprint density at radius 1 is 1.00 bits per heavy atom. The summed E-state index contributed by atoms with van der Waals surface area (Å²) in [5, 5.41) is 3.48. The predicted molar refractivity (Wildman–Crippen MR) is 76.1 cm³/mol. The normalized spacial score (nSPS) is 10.6. The molecule has 0 aliphatic rings. The molecule has 5 heteroatoms. The van der Waals surface area contributed by atoms with Crippen molar-refractivity contribution in [2.24, 2.45) is 0 Å². The lowest BCUT2D eigenvalue weighted by atomic mass is 10.1. The van der Waals surface area contributed by atoms with Gasteiger partial charge in [0.05, 0.1) is 11.2 Å². The molecule has 0 bridgehead atoms. The highest BCUT2D eigenvalue weighted by Gasteiger charge is 2.11. The van der Waals surface area contributed by atoms with E-state index in [-0.39, 0.29) is 5.56 Å². The number of hydrogen-bond donors (Lipinski definition) is 1. The second-order valence-corrected chi connectivity index (χ2v) is 4.49. The second-order valence-electron chi connectivity index (χ2n) is 4.49. The van der Waals surface area contributed by atoms with E-state index in [1.54, 1.807) is 24.4 Å². The summed E-state index contributed by atoms with van der Waals surface area (Å²) >= 11 is 0. The first kappa shape index (κ1) is 13.2. The number of carbonyl (C=O) groups excluding carboxylic acids is 1. The first-order valence-electron chi connectivity index (χ1n) is 6.25. The summed E-state index contributed by atoms with van der Waals surface area (Å²) in [4.78, 5) is 16.3. The monoisotopic (exact) mass is 284 g/mol. The molecule has 1 amide bonds. The molecular formula is C16H10F2N2O. The van der Waals surface area contributed by atoms with Crippen molar-refractivity contribution in [2.45, 2.75) is 0 Å². The first-order chi connectivity index (χ1) is 10.1. The predicted octanol–water partition coefficient (Wildman–Crippen LogP) is 3.77. The van der Waals surface area contributed by atoms with Crippen molar-refractivity contribution >= 4 is 22.5 Å². The van der Waals surface area contributed by atoms with E-state index >= 15 is 0 Å². The second kappa shape index (κ2) is 5.28. The van der Waals surface area contributed by atoms with Gasteiger partial charge in [0, 0.05) is 23.2 Å². The highest BCUT2D eigenvalue weighted by molar-refractivity contribution is 6.08. The summed E-state index contributed by atoms with van der Waals surface area (Å²) in [5.41, 5.74) is 1.02. The minimum absolute atomic E-state index is 0.0829. The van der Waals surface area contributed by atoms with Gasteiger partial charge < -0.3 is 5.32 Å². The van der Waals surface area contributed by atoms with Crippen molar-refractivity contribution in [1.82, 2.24) is 4.98 Å². The highest BCUT2D eigenvalue weighted by Crippen LogP contribution is 2.21. The number of aromatic nitrogens is 1. The Labute approximate surface area is 119 Å². The maximum atomic E-state index is 13.1. The zero-order chi connectivity index (χ0) is 14.8. The number of benzene rings is 2. The molecule has 0 aliphatic heterocycles. The summed E-state index contributed by atoms with van der Waals surface area (Å²) in [6, 6.07) is 11.6. The van der Waals surface area contributed by atoms with Crippen LogP contribution in [-0.4, -0.2) is 10.9 Å². The van der Waals surface area contributed by atoms with Gasteiger partial charge in [0.25, 0.3) is 5.91 Å². The standard InChI is InChI=1S/C16H10F2N2O/c17-12-7-11(8-13(18)9-12)16(21)20-14-5-1-3-10-4-2-6-19-15(10)14/h1-9H,(H,20,21). The van der Waals surface area contributed by atoms with E-state index in [2.05, 4.69) is 10.3 Å². The van der Waals surface area contributed by atoms with Crippen molar-refractivity contribution in [2.75, 3.05) is 5.32 Å². The molecule has 0 saturated heterocycles. The smallest absolute Gasteiger partial charge is 0.255 e. The van der Waals surface area contributed by atoms with Crippen LogP contribution in [0.3, 0.4) is 0 Å². The molecule has 1 N–H and O–H groups in total. The van der Waals surface area contributed by atoms with Gasteiger partial charge >= 0.3 is 0 Å². The van der Waals surface area contributed by atoms with Crippen LogP contribution in [0.15, 0.2) is 54.7 Å². The fraction of sp³-hybridized carbons (Fsp3) is 0. The number of pyridine rings is 1. The Kier molecular flexibility index (Phi) is 3.31. The van der Waals surface area contributed by atoms with E-state index in [1.165, 1.54) is 0 Å². The first-order valence-corrected chi connectivity index (χ1v) is 6.25. The molecule has 0 aliphatic carbocycles. The Morgan fingerprint density at radius 3 is 2.48 bits per heavy atom. The van der Waals surface area contributed by atoms with Crippen LogP contribution >= 0.6 is 0 Å². The summed E-state index contributed by atoms with van der Waals surface area (Å²) < 4.78 is 26.3. The number of fused-ring (bicyclic) bond motifs is 1. The van der Waals surface area contributed by atoms with E-state index in [1.807, 2.05) is 12.1 Å². The fourth-order valence-electron chi connectivity index (χ4n) is 2.08. The van der Waals surface area contributed by atoms with E-state index in [0.29, 0.717) is 11.2 Å². The van der Waals surface area contributed by atoms with Crippen LogP contribution in [0.4, 0.5) is 14.5 Å². The molecule has 21 heavy (non-hydrogen) atoms. The maximum absolute atomic E-state index is 13.1. The van der Waals surface area contributed by atoms with Crippen molar-refractivity contribution in [3.05, 3.63) is 71.9 Å². The van der Waals surface area contributed by atoms with E-state index in [0.717, 1.165) is 23.6 Å². The van der Waals surface area contributed by atoms with Crippen LogP contribution in [0.25, 0.3) is 10.9 Å². The van der Waals surface area contributed by atoms with Gasteiger partial charge in [-0.05, 0) is 24.3 Å². The lowest BCUT2D eigenvalue weighted by Gasteiger charge is -2.08. The number of nitrogens with one attached hydrogen (secondary N) is 1.